The first-order valence-corrected chi connectivity index (χ1v) is 9.35. The van der Waals surface area contributed by atoms with Crippen molar-refractivity contribution in [2.75, 3.05) is 0 Å². The third kappa shape index (κ3) is 3.40. The number of ether oxygens (including phenoxy) is 1. The highest BCUT2D eigenvalue weighted by molar-refractivity contribution is 14.1. The average Bonchev–Trinajstić information content (AvgIpc) is 2.80. The van der Waals surface area contributed by atoms with Gasteiger partial charge in [0, 0.05) is 15.2 Å². The minimum Gasteiger partial charge on any atom is -0.434 e. The highest BCUT2D eigenvalue weighted by atomic mass is 127. The van der Waals surface area contributed by atoms with Crippen LogP contribution in [0, 0.1) is 3.57 Å². The number of rotatable bonds is 3. The summed E-state index contributed by atoms with van der Waals surface area (Å²) in [5.41, 5.74) is -1.39. The third-order valence-corrected chi connectivity index (χ3v) is 5.81. The Morgan fingerprint density at radius 1 is 1.24 bits per heavy atom. The zero-order valence-corrected chi connectivity index (χ0v) is 16.8. The maximum absolute atomic E-state index is 12.2. The van der Waals surface area contributed by atoms with Gasteiger partial charge in [-0.05, 0) is 47.6 Å². The van der Waals surface area contributed by atoms with Crippen LogP contribution in [0.5, 0.6) is 11.6 Å². The third-order valence-electron chi connectivity index (χ3n) is 4.63. The molecule has 1 aliphatic carbocycles. The molecule has 1 heterocycles. The van der Waals surface area contributed by atoms with Crippen LogP contribution >= 0.6 is 45.8 Å². The first kappa shape index (κ1) is 18.9. The number of halogens is 3. The fraction of sp³-hybridized carbons (Fsp3) is 0.375. The number of nitrogens with zero attached hydrogens (tertiary/aromatic N) is 1. The van der Waals surface area contributed by atoms with Gasteiger partial charge in [0.2, 0.25) is 5.88 Å². The van der Waals surface area contributed by atoms with E-state index >= 15 is 0 Å². The van der Waals surface area contributed by atoms with Gasteiger partial charge in [-0.15, -0.1) is 5.10 Å². The fourth-order valence-electron chi connectivity index (χ4n) is 3.07. The highest BCUT2D eigenvalue weighted by Crippen LogP contribution is 2.41. The number of benzene rings is 1. The van der Waals surface area contributed by atoms with Crippen LogP contribution in [-0.4, -0.2) is 32.6 Å². The van der Waals surface area contributed by atoms with Crippen LogP contribution in [-0.2, 0) is 5.41 Å². The molecule has 2 aromatic rings. The van der Waals surface area contributed by atoms with Gasteiger partial charge in [-0.3, -0.25) is 4.79 Å². The van der Waals surface area contributed by atoms with Gasteiger partial charge in [-0.25, -0.2) is 5.10 Å². The Morgan fingerprint density at radius 2 is 1.80 bits per heavy atom. The molecule has 0 saturated heterocycles. The van der Waals surface area contributed by atoms with Gasteiger partial charge in [-0.1, -0.05) is 30.1 Å². The first-order valence-electron chi connectivity index (χ1n) is 7.52. The van der Waals surface area contributed by atoms with Gasteiger partial charge < -0.3 is 14.9 Å². The average molecular weight is 497 g/mol. The molecule has 3 N–H and O–H groups in total. The van der Waals surface area contributed by atoms with E-state index in [-0.39, 0.29) is 17.2 Å². The number of aliphatic hydroxyl groups is 2. The second-order valence-electron chi connectivity index (χ2n) is 6.14. The molecule has 0 bridgehead atoms. The Morgan fingerprint density at radius 3 is 2.36 bits per heavy atom. The van der Waals surface area contributed by atoms with E-state index in [0.717, 1.165) is 3.57 Å². The first-order chi connectivity index (χ1) is 11.7. The van der Waals surface area contributed by atoms with Crippen molar-refractivity contribution in [3.8, 4) is 11.6 Å². The van der Waals surface area contributed by atoms with Gasteiger partial charge in [0.05, 0.1) is 27.7 Å². The van der Waals surface area contributed by atoms with Crippen LogP contribution in [0.1, 0.15) is 25.3 Å². The van der Waals surface area contributed by atoms with Crippen molar-refractivity contribution in [1.29, 1.82) is 0 Å². The Bertz CT molecular complexity index is 840. The van der Waals surface area contributed by atoms with E-state index in [4.69, 9.17) is 27.9 Å². The fourth-order valence-corrected chi connectivity index (χ4v) is 4.62. The zero-order valence-electron chi connectivity index (χ0n) is 13.1. The van der Waals surface area contributed by atoms with Crippen LogP contribution in [0.15, 0.2) is 23.0 Å². The topological polar surface area (TPSA) is 95.4 Å². The zero-order chi connectivity index (χ0) is 18.4. The summed E-state index contributed by atoms with van der Waals surface area (Å²) < 4.78 is 6.50. The molecule has 134 valence electrons. The number of aliphatic hydroxyl groups excluding tert-OH is 2. The lowest BCUT2D eigenvalue weighted by molar-refractivity contribution is 0.0445. The summed E-state index contributed by atoms with van der Waals surface area (Å²) in [6.07, 6.45) is -0.872. The van der Waals surface area contributed by atoms with E-state index in [1.54, 1.807) is 19.1 Å². The summed E-state index contributed by atoms with van der Waals surface area (Å²) in [6, 6.07) is 4.77. The monoisotopic (exact) mass is 496 g/mol. The Labute approximate surface area is 167 Å². The Kier molecular flexibility index (Phi) is 5.32. The number of hydrogen-bond donors (Lipinski definition) is 3. The Balaban J connectivity index is 2.03. The maximum Gasteiger partial charge on any atom is 0.268 e. The van der Waals surface area contributed by atoms with E-state index < -0.39 is 23.2 Å². The summed E-state index contributed by atoms with van der Waals surface area (Å²) in [6.45, 7) is 1.65. The summed E-state index contributed by atoms with van der Waals surface area (Å²) in [4.78, 5) is 12.2. The largest absolute Gasteiger partial charge is 0.434 e. The normalized spacial score (nSPS) is 26.0. The molecular formula is C16H15Cl2IN2O4. The summed E-state index contributed by atoms with van der Waals surface area (Å²) >= 11 is 14.4. The van der Waals surface area contributed by atoms with Gasteiger partial charge in [0.25, 0.3) is 5.56 Å². The standard InChI is InChI=1S/C16H15Cl2IN2O4/c1-16(11(22)2-3-12(16)23)8-6-13(20-21-15(8)24)25-14-9(17)4-7(19)5-10(14)18/h4-6,11-12,22-23H,2-3H2,1H3,(H,21,24). The van der Waals surface area contributed by atoms with Crippen LogP contribution in [0.2, 0.25) is 10.0 Å². The van der Waals surface area contributed by atoms with Gasteiger partial charge in [-0.2, -0.15) is 0 Å². The lowest BCUT2D eigenvalue weighted by Gasteiger charge is -2.31. The van der Waals surface area contributed by atoms with Gasteiger partial charge >= 0.3 is 0 Å². The van der Waals surface area contributed by atoms with Crippen LogP contribution in [0.25, 0.3) is 0 Å². The molecule has 2 unspecified atom stereocenters. The quantitative estimate of drug-likeness (QED) is 0.567. The van der Waals surface area contributed by atoms with Crippen molar-refractivity contribution in [3.05, 3.63) is 47.7 Å². The maximum atomic E-state index is 12.2. The lowest BCUT2D eigenvalue weighted by atomic mass is 9.78. The molecule has 2 atom stereocenters. The molecule has 0 radical (unpaired) electrons. The van der Waals surface area contributed by atoms with E-state index in [1.165, 1.54) is 6.07 Å². The molecule has 0 aliphatic heterocycles. The van der Waals surface area contributed by atoms with Crippen molar-refractivity contribution >= 4 is 45.8 Å². The van der Waals surface area contributed by atoms with Crippen LogP contribution in [0.3, 0.4) is 0 Å². The van der Waals surface area contributed by atoms with E-state index in [0.29, 0.717) is 22.9 Å². The molecule has 25 heavy (non-hydrogen) atoms. The molecule has 0 amide bonds. The van der Waals surface area contributed by atoms with Crippen molar-refractivity contribution in [2.45, 2.75) is 37.4 Å². The Hall–Kier alpha value is -0.870. The van der Waals surface area contributed by atoms with E-state index in [9.17, 15) is 15.0 Å². The molecule has 3 rings (SSSR count). The van der Waals surface area contributed by atoms with Crippen LogP contribution in [0.4, 0.5) is 0 Å². The molecule has 1 aliphatic rings. The van der Waals surface area contributed by atoms with Gasteiger partial charge in [0.15, 0.2) is 5.75 Å². The minimum atomic E-state index is -1.10. The predicted octanol–water partition coefficient (Wildman–Crippen LogP) is 3.25. The molecule has 6 nitrogen and oxygen atoms in total. The molecule has 0 spiro atoms. The molecule has 1 aromatic carbocycles. The van der Waals surface area contributed by atoms with Gasteiger partial charge in [0.1, 0.15) is 0 Å². The minimum absolute atomic E-state index is 0.0622. The molecule has 1 saturated carbocycles. The van der Waals surface area contributed by atoms with Crippen molar-refractivity contribution in [1.82, 2.24) is 10.2 Å². The second kappa shape index (κ2) is 7.03. The summed E-state index contributed by atoms with van der Waals surface area (Å²) in [7, 11) is 0. The number of aromatic nitrogens is 2. The molecule has 1 fully saturated rings. The van der Waals surface area contributed by atoms with Crippen molar-refractivity contribution < 1.29 is 14.9 Å². The number of nitrogens with one attached hydrogen (secondary N) is 1. The van der Waals surface area contributed by atoms with Crippen molar-refractivity contribution in [3.63, 3.8) is 0 Å². The number of hydrogen-bond acceptors (Lipinski definition) is 5. The smallest absolute Gasteiger partial charge is 0.268 e. The summed E-state index contributed by atoms with van der Waals surface area (Å²) in [5.74, 6) is 0.277. The predicted molar refractivity (Wildman–Crippen MR) is 103 cm³/mol. The molecule has 1 aromatic heterocycles. The highest BCUT2D eigenvalue weighted by Gasteiger charge is 2.48. The lowest BCUT2D eigenvalue weighted by Crippen LogP contribution is -2.44. The van der Waals surface area contributed by atoms with Crippen LogP contribution < -0.4 is 10.3 Å². The number of H-pyrrole nitrogens is 1. The summed E-state index contributed by atoms with van der Waals surface area (Å²) in [5, 5.41) is 27.4. The van der Waals surface area contributed by atoms with E-state index in [2.05, 4.69) is 32.8 Å². The molecule has 9 heteroatoms. The second-order valence-corrected chi connectivity index (χ2v) is 8.20. The number of aromatic amines is 1. The van der Waals surface area contributed by atoms with Crippen molar-refractivity contribution in [2.24, 2.45) is 0 Å². The molecular weight excluding hydrogens is 482 g/mol. The van der Waals surface area contributed by atoms with E-state index in [1.807, 2.05) is 0 Å². The SMILES string of the molecule is CC1(c2cc(Oc3c(Cl)cc(I)cc3Cl)n[nH]c2=O)C(O)CCC1O.